The third kappa shape index (κ3) is 1.66. The number of rotatable bonds is 2. The van der Waals surface area contributed by atoms with Crippen molar-refractivity contribution in [3.8, 4) is 0 Å². The molecule has 0 aromatic rings. The second-order valence-electron chi connectivity index (χ2n) is 2.99. The lowest BCUT2D eigenvalue weighted by molar-refractivity contribution is -0.129. The molecule has 15 heavy (non-hydrogen) atoms. The zero-order valence-electron chi connectivity index (χ0n) is 7.97. The van der Waals surface area contributed by atoms with Crippen molar-refractivity contribution in [3.05, 3.63) is 23.1 Å². The molecule has 7 heteroatoms. The summed E-state index contributed by atoms with van der Waals surface area (Å²) >= 11 is 5.04. The summed E-state index contributed by atoms with van der Waals surface area (Å²) in [4.78, 5) is 14.7. The van der Waals surface area contributed by atoms with E-state index in [1.807, 2.05) is 6.92 Å². The molecule has 0 aromatic heterocycles. The third-order valence-electron chi connectivity index (χ3n) is 2.00. The van der Waals surface area contributed by atoms with Crippen molar-refractivity contribution in [1.82, 2.24) is 15.6 Å². The molecule has 79 valence electrons. The number of hydrogen-bond donors (Lipinski definition) is 2. The van der Waals surface area contributed by atoms with Gasteiger partial charge in [-0.2, -0.15) is 0 Å². The lowest BCUT2D eigenvalue weighted by atomic mass is 10.3. The van der Waals surface area contributed by atoms with Gasteiger partial charge in [-0.15, -0.1) is 5.53 Å². The van der Waals surface area contributed by atoms with Crippen LogP contribution in [0.2, 0.25) is 0 Å². The van der Waals surface area contributed by atoms with Crippen molar-refractivity contribution in [2.24, 2.45) is 4.99 Å². The second kappa shape index (κ2) is 3.52. The SMILES string of the molecule is CCN1C=C2N=C(C(=O)O)C=C([S])N2N1. The summed E-state index contributed by atoms with van der Waals surface area (Å²) in [6.45, 7) is 2.69. The Kier molecular flexibility index (Phi) is 2.33. The van der Waals surface area contributed by atoms with Crippen molar-refractivity contribution in [3.63, 3.8) is 0 Å². The molecule has 0 aromatic carbocycles. The van der Waals surface area contributed by atoms with Gasteiger partial charge in [-0.25, -0.2) is 14.8 Å². The highest BCUT2D eigenvalue weighted by molar-refractivity contribution is 7.84. The van der Waals surface area contributed by atoms with Crippen molar-refractivity contribution in [2.75, 3.05) is 6.54 Å². The van der Waals surface area contributed by atoms with E-state index in [1.165, 1.54) is 6.08 Å². The molecular weight excluding hydrogens is 216 g/mol. The minimum Gasteiger partial charge on any atom is -0.477 e. The monoisotopic (exact) mass is 225 g/mol. The first kappa shape index (κ1) is 9.94. The molecule has 0 spiro atoms. The van der Waals surface area contributed by atoms with E-state index in [9.17, 15) is 4.79 Å². The Balaban J connectivity index is 2.33. The molecule has 2 aliphatic heterocycles. The molecule has 2 N–H and O–H groups in total. The number of nitrogens with one attached hydrogen (secondary N) is 1. The molecule has 6 nitrogen and oxygen atoms in total. The quantitative estimate of drug-likeness (QED) is 0.713. The number of carboxylic acid groups (broad SMARTS) is 1. The van der Waals surface area contributed by atoms with Crippen LogP contribution in [0.15, 0.2) is 28.1 Å². The molecule has 2 heterocycles. The summed E-state index contributed by atoms with van der Waals surface area (Å²) in [5.41, 5.74) is 2.91. The van der Waals surface area contributed by atoms with E-state index in [1.54, 1.807) is 16.2 Å². The van der Waals surface area contributed by atoms with Crippen LogP contribution in [0.25, 0.3) is 0 Å². The average molecular weight is 225 g/mol. The molecule has 0 unspecified atom stereocenters. The van der Waals surface area contributed by atoms with Gasteiger partial charge in [0.2, 0.25) is 0 Å². The van der Waals surface area contributed by atoms with Gasteiger partial charge in [0.05, 0.1) is 6.20 Å². The fraction of sp³-hybridized carbons (Fsp3) is 0.250. The van der Waals surface area contributed by atoms with Crippen LogP contribution in [0, 0.1) is 0 Å². The van der Waals surface area contributed by atoms with E-state index in [0.717, 1.165) is 6.54 Å². The Morgan fingerprint density at radius 2 is 2.47 bits per heavy atom. The number of carboxylic acids is 1. The van der Waals surface area contributed by atoms with Crippen LogP contribution in [0.3, 0.4) is 0 Å². The van der Waals surface area contributed by atoms with Gasteiger partial charge in [0, 0.05) is 12.6 Å². The normalized spacial score (nSPS) is 19.4. The number of nitrogens with zero attached hydrogens (tertiary/aromatic N) is 3. The van der Waals surface area contributed by atoms with E-state index in [2.05, 4.69) is 10.5 Å². The highest BCUT2D eigenvalue weighted by Gasteiger charge is 2.27. The maximum absolute atomic E-state index is 10.7. The van der Waals surface area contributed by atoms with Crippen LogP contribution in [-0.2, 0) is 4.79 Å². The fourth-order valence-corrected chi connectivity index (χ4v) is 1.50. The Labute approximate surface area is 91.9 Å². The van der Waals surface area contributed by atoms with Gasteiger partial charge >= 0.3 is 5.97 Å². The largest absolute Gasteiger partial charge is 0.477 e. The van der Waals surface area contributed by atoms with E-state index in [0.29, 0.717) is 10.9 Å². The van der Waals surface area contributed by atoms with Crippen molar-refractivity contribution < 1.29 is 9.90 Å². The number of fused-ring (bicyclic) bond motifs is 1. The first-order valence-electron chi connectivity index (χ1n) is 4.37. The summed E-state index contributed by atoms with van der Waals surface area (Å²) in [5, 5.41) is 12.5. The predicted molar refractivity (Wildman–Crippen MR) is 56.2 cm³/mol. The molecule has 0 fully saturated rings. The fourth-order valence-electron chi connectivity index (χ4n) is 1.26. The summed E-state index contributed by atoms with van der Waals surface area (Å²) < 4.78 is 0. The van der Waals surface area contributed by atoms with Gasteiger partial charge < -0.3 is 5.11 Å². The standard InChI is InChI=1S/C8H9N4O2S/c1-2-11-4-6-9-5(8(13)14)3-7(15)12(6)10-11/h3-4,10H,2H2,1H3,(H,13,14). The van der Waals surface area contributed by atoms with Gasteiger partial charge in [-0.1, -0.05) is 12.6 Å². The zero-order valence-corrected chi connectivity index (χ0v) is 8.78. The maximum Gasteiger partial charge on any atom is 0.354 e. The molecule has 2 aliphatic rings. The van der Waals surface area contributed by atoms with Crippen molar-refractivity contribution in [2.45, 2.75) is 6.92 Å². The van der Waals surface area contributed by atoms with Crippen LogP contribution in [0.5, 0.6) is 0 Å². The zero-order chi connectivity index (χ0) is 11.0. The van der Waals surface area contributed by atoms with Crippen LogP contribution in [0.4, 0.5) is 0 Å². The molecule has 0 bridgehead atoms. The Bertz CT molecular complexity index is 401. The van der Waals surface area contributed by atoms with Gasteiger partial charge in [0.15, 0.2) is 11.5 Å². The molecule has 2 rings (SSSR count). The van der Waals surface area contributed by atoms with Crippen LogP contribution in [-0.4, -0.2) is 33.4 Å². The first-order chi connectivity index (χ1) is 7.11. The summed E-state index contributed by atoms with van der Waals surface area (Å²) in [6, 6.07) is 0. The first-order valence-corrected chi connectivity index (χ1v) is 4.78. The number of hydrazine groups is 2. The van der Waals surface area contributed by atoms with Gasteiger partial charge in [-0.3, -0.25) is 5.01 Å². The molecule has 0 amide bonds. The lowest BCUT2D eigenvalue weighted by Crippen LogP contribution is -2.40. The maximum atomic E-state index is 10.7. The van der Waals surface area contributed by atoms with E-state index in [-0.39, 0.29) is 5.71 Å². The average Bonchev–Trinajstić information content (AvgIpc) is 2.61. The number of carbonyl (C=O) groups is 1. The molecule has 0 atom stereocenters. The Morgan fingerprint density at radius 3 is 3.07 bits per heavy atom. The molecule has 0 aliphatic carbocycles. The van der Waals surface area contributed by atoms with E-state index >= 15 is 0 Å². The predicted octanol–water partition coefficient (Wildman–Crippen LogP) is 0.421. The van der Waals surface area contributed by atoms with E-state index in [4.69, 9.17) is 17.7 Å². The second-order valence-corrected chi connectivity index (χ2v) is 3.41. The molecular formula is C8H9N4O2S. The van der Waals surface area contributed by atoms with Crippen LogP contribution in [0.1, 0.15) is 6.92 Å². The summed E-state index contributed by atoms with van der Waals surface area (Å²) in [6.07, 6.45) is 3.06. The molecule has 0 saturated carbocycles. The highest BCUT2D eigenvalue weighted by atomic mass is 32.1. The topological polar surface area (TPSA) is 68.2 Å². The van der Waals surface area contributed by atoms with Crippen LogP contribution < -0.4 is 5.53 Å². The molecule has 1 radical (unpaired) electrons. The van der Waals surface area contributed by atoms with Gasteiger partial charge in [0.1, 0.15) is 5.03 Å². The Hall–Kier alpha value is -1.60. The minimum atomic E-state index is -1.08. The minimum absolute atomic E-state index is 0.0396. The Morgan fingerprint density at radius 1 is 1.73 bits per heavy atom. The van der Waals surface area contributed by atoms with Crippen molar-refractivity contribution in [1.29, 1.82) is 0 Å². The highest BCUT2D eigenvalue weighted by Crippen LogP contribution is 2.24. The lowest BCUT2D eigenvalue weighted by Gasteiger charge is -2.23. The summed E-state index contributed by atoms with van der Waals surface area (Å²) in [5.74, 6) is -0.574. The van der Waals surface area contributed by atoms with Crippen LogP contribution >= 0.6 is 12.6 Å². The third-order valence-corrected chi connectivity index (χ3v) is 2.30. The number of hydrogen-bond acceptors (Lipinski definition) is 5. The van der Waals surface area contributed by atoms with Gasteiger partial charge in [-0.05, 0) is 6.92 Å². The van der Waals surface area contributed by atoms with E-state index < -0.39 is 5.97 Å². The summed E-state index contributed by atoms with van der Waals surface area (Å²) in [7, 11) is 0. The number of aliphatic imine (C=N–C) groups is 1. The molecule has 0 saturated heterocycles. The van der Waals surface area contributed by atoms with Gasteiger partial charge in [0.25, 0.3) is 0 Å². The smallest absolute Gasteiger partial charge is 0.354 e. The van der Waals surface area contributed by atoms with Crippen molar-refractivity contribution >= 4 is 24.3 Å². The number of aliphatic carboxylic acids is 1.